The standard InChI is InChI=1S/C16H22BrNO3S/c1-2-21-14(19)10-3-5-11(6-4-10)16(20,12-7-8-12)15-18-9-13(17)22-15/h9-12,20H,2-8H2,1H3/t10?,11?,16-/m1/s1. The first kappa shape index (κ1) is 16.4. The molecule has 0 saturated heterocycles. The molecule has 1 aromatic heterocycles. The molecule has 2 aliphatic carbocycles. The predicted molar refractivity (Wildman–Crippen MR) is 88.5 cm³/mol. The van der Waals surface area contributed by atoms with Crippen LogP contribution in [0.5, 0.6) is 0 Å². The summed E-state index contributed by atoms with van der Waals surface area (Å²) >= 11 is 4.98. The van der Waals surface area contributed by atoms with Gasteiger partial charge >= 0.3 is 5.97 Å². The third kappa shape index (κ3) is 3.10. The summed E-state index contributed by atoms with van der Waals surface area (Å²) in [7, 11) is 0. The van der Waals surface area contributed by atoms with E-state index >= 15 is 0 Å². The molecule has 0 amide bonds. The number of ether oxygens (including phenoxy) is 1. The first-order valence-electron chi connectivity index (χ1n) is 8.06. The maximum Gasteiger partial charge on any atom is 0.308 e. The van der Waals surface area contributed by atoms with Crippen LogP contribution in [0.1, 0.15) is 50.5 Å². The zero-order valence-electron chi connectivity index (χ0n) is 12.8. The number of esters is 1. The molecule has 0 unspecified atom stereocenters. The Kier molecular flexibility index (Phi) is 4.90. The number of hydrogen-bond donors (Lipinski definition) is 1. The highest BCUT2D eigenvalue weighted by Crippen LogP contribution is 2.54. The normalized spacial score (nSPS) is 28.1. The molecule has 0 aliphatic heterocycles. The predicted octanol–water partition coefficient (Wildman–Crippen LogP) is 3.87. The average Bonchev–Trinajstić information content (AvgIpc) is 3.29. The number of hydrogen-bond acceptors (Lipinski definition) is 5. The van der Waals surface area contributed by atoms with Crippen LogP contribution in [0.3, 0.4) is 0 Å². The molecule has 3 rings (SSSR count). The quantitative estimate of drug-likeness (QED) is 0.778. The Hall–Kier alpha value is -0.460. The van der Waals surface area contributed by atoms with E-state index in [4.69, 9.17) is 4.74 Å². The molecule has 0 aromatic carbocycles. The second-order valence-corrected chi connectivity index (χ2v) is 8.78. The SMILES string of the molecule is CCOC(=O)C1CCC([C@](O)(c2ncc(Br)s2)C2CC2)CC1. The third-order valence-corrected chi connectivity index (χ3v) is 6.61. The second kappa shape index (κ2) is 6.57. The Morgan fingerprint density at radius 1 is 1.36 bits per heavy atom. The molecule has 122 valence electrons. The smallest absolute Gasteiger partial charge is 0.308 e. The van der Waals surface area contributed by atoms with Crippen LogP contribution < -0.4 is 0 Å². The fourth-order valence-electron chi connectivity index (χ4n) is 3.67. The van der Waals surface area contributed by atoms with E-state index in [1.54, 1.807) is 6.20 Å². The maximum absolute atomic E-state index is 11.9. The summed E-state index contributed by atoms with van der Waals surface area (Å²) < 4.78 is 6.09. The Morgan fingerprint density at radius 3 is 2.41 bits per heavy atom. The average molecular weight is 388 g/mol. The van der Waals surface area contributed by atoms with Gasteiger partial charge in [-0.3, -0.25) is 4.79 Å². The Balaban J connectivity index is 1.71. The van der Waals surface area contributed by atoms with Gasteiger partial charge in [0.15, 0.2) is 0 Å². The van der Waals surface area contributed by atoms with Crippen LogP contribution in [0.25, 0.3) is 0 Å². The topological polar surface area (TPSA) is 59.4 Å². The van der Waals surface area contributed by atoms with Crippen molar-refractivity contribution >= 4 is 33.2 Å². The molecule has 1 aromatic rings. The lowest BCUT2D eigenvalue weighted by molar-refractivity contribution is -0.151. The van der Waals surface area contributed by atoms with E-state index in [1.165, 1.54) is 11.3 Å². The number of aromatic nitrogens is 1. The highest BCUT2D eigenvalue weighted by Gasteiger charge is 2.53. The van der Waals surface area contributed by atoms with Gasteiger partial charge in [-0.25, -0.2) is 4.98 Å². The van der Waals surface area contributed by atoms with E-state index < -0.39 is 5.60 Å². The Labute approximate surface area is 143 Å². The van der Waals surface area contributed by atoms with Gasteiger partial charge in [-0.05, 0) is 73.2 Å². The van der Waals surface area contributed by atoms with Gasteiger partial charge < -0.3 is 9.84 Å². The van der Waals surface area contributed by atoms with Gasteiger partial charge in [-0.15, -0.1) is 11.3 Å². The third-order valence-electron chi connectivity index (χ3n) is 4.99. The van der Waals surface area contributed by atoms with E-state index in [9.17, 15) is 9.90 Å². The van der Waals surface area contributed by atoms with Crippen molar-refractivity contribution in [3.05, 3.63) is 15.0 Å². The minimum Gasteiger partial charge on any atom is -0.466 e. The van der Waals surface area contributed by atoms with E-state index in [1.807, 2.05) is 6.92 Å². The fraction of sp³-hybridized carbons (Fsp3) is 0.750. The summed E-state index contributed by atoms with van der Waals surface area (Å²) in [6.07, 6.45) is 7.28. The summed E-state index contributed by atoms with van der Waals surface area (Å²) in [6.45, 7) is 2.29. The van der Waals surface area contributed by atoms with Crippen LogP contribution in [-0.4, -0.2) is 22.7 Å². The summed E-state index contributed by atoms with van der Waals surface area (Å²) in [4.78, 5) is 16.3. The van der Waals surface area contributed by atoms with E-state index in [0.717, 1.165) is 47.3 Å². The van der Waals surface area contributed by atoms with Crippen molar-refractivity contribution in [3.8, 4) is 0 Å². The molecule has 0 spiro atoms. The van der Waals surface area contributed by atoms with Gasteiger partial charge in [0.05, 0.1) is 22.5 Å². The van der Waals surface area contributed by atoms with Crippen molar-refractivity contribution in [3.63, 3.8) is 0 Å². The lowest BCUT2D eigenvalue weighted by atomic mass is 9.71. The van der Waals surface area contributed by atoms with Crippen LogP contribution in [-0.2, 0) is 15.1 Å². The Bertz CT molecular complexity index is 537. The molecule has 4 nitrogen and oxygen atoms in total. The van der Waals surface area contributed by atoms with E-state index in [-0.39, 0.29) is 17.8 Å². The summed E-state index contributed by atoms with van der Waals surface area (Å²) in [5.74, 6) is 0.453. The van der Waals surface area contributed by atoms with Gasteiger partial charge in [0.1, 0.15) is 10.6 Å². The van der Waals surface area contributed by atoms with Crippen molar-refractivity contribution in [2.45, 2.75) is 51.0 Å². The van der Waals surface area contributed by atoms with Gasteiger partial charge in [0.2, 0.25) is 0 Å². The van der Waals surface area contributed by atoms with Crippen molar-refractivity contribution < 1.29 is 14.6 Å². The monoisotopic (exact) mass is 387 g/mol. The number of thiazole rings is 1. The van der Waals surface area contributed by atoms with Crippen LogP contribution >= 0.6 is 27.3 Å². The maximum atomic E-state index is 11.9. The van der Waals surface area contributed by atoms with E-state index in [0.29, 0.717) is 12.5 Å². The summed E-state index contributed by atoms with van der Waals surface area (Å²) in [6, 6.07) is 0. The highest BCUT2D eigenvalue weighted by atomic mass is 79.9. The summed E-state index contributed by atoms with van der Waals surface area (Å²) in [5, 5.41) is 12.2. The molecule has 1 heterocycles. The van der Waals surface area contributed by atoms with Crippen molar-refractivity contribution in [2.75, 3.05) is 6.61 Å². The highest BCUT2D eigenvalue weighted by molar-refractivity contribution is 9.11. The fourth-order valence-corrected chi connectivity index (χ4v) is 5.13. The number of rotatable bonds is 5. The minimum atomic E-state index is -0.809. The Morgan fingerprint density at radius 2 is 1.95 bits per heavy atom. The number of carbonyl (C=O) groups excluding carboxylic acids is 1. The molecule has 2 fully saturated rings. The summed E-state index contributed by atoms with van der Waals surface area (Å²) in [5.41, 5.74) is -0.809. The van der Waals surface area contributed by atoms with Crippen LogP contribution in [0.2, 0.25) is 0 Å². The van der Waals surface area contributed by atoms with Gasteiger partial charge in [-0.2, -0.15) is 0 Å². The molecule has 0 bridgehead atoms. The van der Waals surface area contributed by atoms with Gasteiger partial charge in [0.25, 0.3) is 0 Å². The second-order valence-electron chi connectivity index (χ2n) is 6.37. The van der Waals surface area contributed by atoms with Crippen LogP contribution in [0.4, 0.5) is 0 Å². The van der Waals surface area contributed by atoms with Gasteiger partial charge in [-0.1, -0.05) is 0 Å². The van der Waals surface area contributed by atoms with Crippen molar-refractivity contribution in [2.24, 2.45) is 17.8 Å². The molecule has 6 heteroatoms. The molecule has 22 heavy (non-hydrogen) atoms. The molecule has 2 aliphatic rings. The molecular weight excluding hydrogens is 366 g/mol. The first-order chi connectivity index (χ1) is 10.6. The van der Waals surface area contributed by atoms with Crippen molar-refractivity contribution in [1.82, 2.24) is 4.98 Å². The zero-order chi connectivity index (χ0) is 15.7. The molecule has 2 saturated carbocycles. The van der Waals surface area contributed by atoms with Crippen LogP contribution in [0.15, 0.2) is 9.98 Å². The molecule has 0 radical (unpaired) electrons. The minimum absolute atomic E-state index is 0.00249. The molecular formula is C16H22BrNO3S. The van der Waals surface area contributed by atoms with Gasteiger partial charge in [0, 0.05) is 0 Å². The lowest BCUT2D eigenvalue weighted by Crippen LogP contribution is -2.40. The largest absolute Gasteiger partial charge is 0.466 e. The number of aliphatic hydroxyl groups is 1. The molecule has 1 N–H and O–H groups in total. The van der Waals surface area contributed by atoms with Crippen molar-refractivity contribution in [1.29, 1.82) is 0 Å². The zero-order valence-corrected chi connectivity index (χ0v) is 15.2. The first-order valence-corrected chi connectivity index (χ1v) is 9.67. The number of halogens is 1. The number of carbonyl (C=O) groups is 1. The lowest BCUT2D eigenvalue weighted by Gasteiger charge is -2.39. The van der Waals surface area contributed by atoms with E-state index in [2.05, 4.69) is 20.9 Å². The number of nitrogens with zero attached hydrogens (tertiary/aromatic N) is 1. The van der Waals surface area contributed by atoms with Crippen LogP contribution in [0, 0.1) is 17.8 Å². The molecule has 1 atom stereocenters.